The summed E-state index contributed by atoms with van der Waals surface area (Å²) in [5.41, 5.74) is -0.579. The minimum absolute atomic E-state index is 0.0745. The van der Waals surface area contributed by atoms with Gasteiger partial charge in [0.25, 0.3) is 0 Å². The lowest BCUT2D eigenvalue weighted by Gasteiger charge is -2.13. The standard InChI is InChI=1S/C20H25N5O4/c1-5-11-23-18(27)24(12-6-2)20(29)25(19(23)28)14-17(26)21-13-15-7-9-16(10-8-15)22(3)4/h5-10H,1-2,11-14H2,3-4H3,(H,21,26). The molecule has 0 radical (unpaired) electrons. The minimum atomic E-state index is -0.856. The Morgan fingerprint density at radius 3 is 1.86 bits per heavy atom. The number of amides is 1. The van der Waals surface area contributed by atoms with E-state index in [-0.39, 0.29) is 19.6 Å². The van der Waals surface area contributed by atoms with Gasteiger partial charge in [0.2, 0.25) is 5.91 Å². The lowest BCUT2D eigenvalue weighted by atomic mass is 10.2. The fraction of sp³-hybridized carbons (Fsp3) is 0.300. The van der Waals surface area contributed by atoms with Crippen molar-refractivity contribution in [1.82, 2.24) is 19.0 Å². The monoisotopic (exact) mass is 399 g/mol. The molecule has 1 N–H and O–H groups in total. The van der Waals surface area contributed by atoms with E-state index in [1.165, 1.54) is 12.2 Å². The lowest BCUT2D eigenvalue weighted by molar-refractivity contribution is -0.122. The quantitative estimate of drug-likeness (QED) is 0.595. The second kappa shape index (κ2) is 9.54. The van der Waals surface area contributed by atoms with Crippen LogP contribution in [-0.2, 0) is 31.0 Å². The van der Waals surface area contributed by atoms with Crippen molar-refractivity contribution >= 4 is 11.6 Å². The molecule has 1 heterocycles. The van der Waals surface area contributed by atoms with Gasteiger partial charge < -0.3 is 10.2 Å². The first-order valence-electron chi connectivity index (χ1n) is 8.99. The third-order valence-corrected chi connectivity index (χ3v) is 4.25. The van der Waals surface area contributed by atoms with Crippen molar-refractivity contribution < 1.29 is 4.79 Å². The highest BCUT2D eigenvalue weighted by atomic mass is 16.2. The molecule has 1 aromatic carbocycles. The number of carbonyl (C=O) groups is 1. The molecule has 2 rings (SSSR count). The molecule has 2 aromatic rings. The average Bonchev–Trinajstić information content (AvgIpc) is 2.70. The predicted octanol–water partition coefficient (Wildman–Crippen LogP) is -0.0739. The molecule has 0 aliphatic carbocycles. The first-order chi connectivity index (χ1) is 13.8. The number of nitrogens with one attached hydrogen (secondary N) is 1. The molecule has 0 spiro atoms. The smallest absolute Gasteiger partial charge is 0.337 e. The Balaban J connectivity index is 2.23. The third-order valence-electron chi connectivity index (χ3n) is 4.25. The van der Waals surface area contributed by atoms with E-state index in [1.807, 2.05) is 43.3 Å². The fourth-order valence-electron chi connectivity index (χ4n) is 2.70. The van der Waals surface area contributed by atoms with Crippen LogP contribution in [0.3, 0.4) is 0 Å². The van der Waals surface area contributed by atoms with Gasteiger partial charge in [0, 0.05) is 26.3 Å². The molecule has 0 unspecified atom stereocenters. The van der Waals surface area contributed by atoms with Crippen molar-refractivity contribution in [2.75, 3.05) is 19.0 Å². The molecule has 154 valence electrons. The number of anilines is 1. The minimum Gasteiger partial charge on any atom is -0.378 e. The normalized spacial score (nSPS) is 10.4. The number of rotatable bonds is 9. The summed E-state index contributed by atoms with van der Waals surface area (Å²) in [5.74, 6) is -0.519. The van der Waals surface area contributed by atoms with Crippen LogP contribution in [0.5, 0.6) is 0 Å². The van der Waals surface area contributed by atoms with Gasteiger partial charge in [-0.1, -0.05) is 24.3 Å². The molecule has 0 aliphatic rings. The maximum atomic E-state index is 12.5. The van der Waals surface area contributed by atoms with E-state index >= 15 is 0 Å². The largest absolute Gasteiger partial charge is 0.378 e. The molecule has 0 aliphatic heterocycles. The first-order valence-corrected chi connectivity index (χ1v) is 8.99. The highest BCUT2D eigenvalue weighted by Gasteiger charge is 2.16. The van der Waals surface area contributed by atoms with Gasteiger partial charge in [0.15, 0.2) is 0 Å². The molecular weight excluding hydrogens is 374 g/mol. The molecule has 0 atom stereocenters. The zero-order valence-electron chi connectivity index (χ0n) is 16.6. The van der Waals surface area contributed by atoms with Crippen molar-refractivity contribution in [3.05, 3.63) is 86.6 Å². The second-order valence-corrected chi connectivity index (χ2v) is 6.57. The van der Waals surface area contributed by atoms with Crippen LogP contribution < -0.4 is 27.3 Å². The Morgan fingerprint density at radius 2 is 1.41 bits per heavy atom. The van der Waals surface area contributed by atoms with Gasteiger partial charge in [-0.15, -0.1) is 13.2 Å². The molecule has 1 amide bonds. The van der Waals surface area contributed by atoms with Crippen LogP contribution >= 0.6 is 0 Å². The van der Waals surface area contributed by atoms with E-state index < -0.39 is 29.5 Å². The third kappa shape index (κ3) is 5.01. The van der Waals surface area contributed by atoms with E-state index in [0.29, 0.717) is 0 Å². The van der Waals surface area contributed by atoms with E-state index in [1.54, 1.807) is 0 Å². The van der Waals surface area contributed by atoms with Crippen LogP contribution in [0.4, 0.5) is 5.69 Å². The maximum absolute atomic E-state index is 12.5. The van der Waals surface area contributed by atoms with Gasteiger partial charge in [-0.05, 0) is 17.7 Å². The summed E-state index contributed by atoms with van der Waals surface area (Å²) in [6.45, 7) is 6.62. The van der Waals surface area contributed by atoms with E-state index in [4.69, 9.17) is 0 Å². The van der Waals surface area contributed by atoms with E-state index in [0.717, 1.165) is 25.0 Å². The van der Waals surface area contributed by atoms with Crippen LogP contribution in [0.15, 0.2) is 64.0 Å². The zero-order chi connectivity index (χ0) is 21.6. The number of aromatic nitrogens is 3. The van der Waals surface area contributed by atoms with Gasteiger partial charge >= 0.3 is 17.1 Å². The number of hydrogen-bond acceptors (Lipinski definition) is 5. The van der Waals surface area contributed by atoms with Crippen molar-refractivity contribution in [2.45, 2.75) is 26.2 Å². The van der Waals surface area contributed by atoms with Crippen LogP contribution in [0.2, 0.25) is 0 Å². The molecule has 0 bridgehead atoms. The van der Waals surface area contributed by atoms with Crippen molar-refractivity contribution in [3.63, 3.8) is 0 Å². The number of nitrogens with zero attached hydrogens (tertiary/aromatic N) is 4. The van der Waals surface area contributed by atoms with Crippen molar-refractivity contribution in [2.24, 2.45) is 0 Å². The number of allylic oxidation sites excluding steroid dienone is 2. The Labute approximate surface area is 167 Å². The maximum Gasteiger partial charge on any atom is 0.337 e. The fourth-order valence-corrected chi connectivity index (χ4v) is 2.70. The Hall–Kier alpha value is -3.62. The first kappa shape index (κ1) is 21.7. The van der Waals surface area contributed by atoms with Gasteiger partial charge in [0.1, 0.15) is 6.54 Å². The Morgan fingerprint density at radius 1 is 0.931 bits per heavy atom. The number of hydrogen-bond donors (Lipinski definition) is 1. The lowest BCUT2D eigenvalue weighted by Crippen LogP contribution is -2.55. The van der Waals surface area contributed by atoms with Gasteiger partial charge in [-0.3, -0.25) is 4.79 Å². The zero-order valence-corrected chi connectivity index (χ0v) is 16.6. The SMILES string of the molecule is C=CCn1c(=O)n(CC=C)c(=O)n(CC(=O)NCc2ccc(N(C)C)cc2)c1=O. The highest BCUT2D eigenvalue weighted by molar-refractivity contribution is 5.75. The van der Waals surface area contributed by atoms with Crippen LogP contribution in [0.25, 0.3) is 0 Å². The number of benzene rings is 1. The molecule has 1 aromatic heterocycles. The summed E-state index contributed by atoms with van der Waals surface area (Å²) in [6, 6.07) is 7.60. The summed E-state index contributed by atoms with van der Waals surface area (Å²) in [7, 11) is 3.86. The molecule has 0 saturated heterocycles. The molecule has 9 nitrogen and oxygen atoms in total. The molecule has 29 heavy (non-hydrogen) atoms. The number of carbonyl (C=O) groups excluding carboxylic acids is 1. The molecule has 9 heteroatoms. The molecule has 0 fully saturated rings. The summed E-state index contributed by atoms with van der Waals surface area (Å²) < 4.78 is 2.44. The summed E-state index contributed by atoms with van der Waals surface area (Å²) >= 11 is 0. The summed E-state index contributed by atoms with van der Waals surface area (Å²) in [6.07, 6.45) is 2.74. The topological polar surface area (TPSA) is 98.3 Å². The Bertz CT molecular complexity index is 1030. The highest BCUT2D eigenvalue weighted by Crippen LogP contribution is 2.11. The van der Waals surface area contributed by atoms with Gasteiger partial charge in [-0.25, -0.2) is 28.1 Å². The van der Waals surface area contributed by atoms with Crippen molar-refractivity contribution in [1.29, 1.82) is 0 Å². The summed E-state index contributed by atoms with van der Waals surface area (Å²) in [4.78, 5) is 51.7. The van der Waals surface area contributed by atoms with Crippen LogP contribution in [-0.4, -0.2) is 33.7 Å². The van der Waals surface area contributed by atoms with Crippen LogP contribution in [0.1, 0.15) is 5.56 Å². The van der Waals surface area contributed by atoms with E-state index in [2.05, 4.69) is 18.5 Å². The van der Waals surface area contributed by atoms with Crippen LogP contribution in [0, 0.1) is 0 Å². The molecule has 0 saturated carbocycles. The van der Waals surface area contributed by atoms with Gasteiger partial charge in [0.05, 0.1) is 13.1 Å². The predicted molar refractivity (Wildman–Crippen MR) is 112 cm³/mol. The van der Waals surface area contributed by atoms with Gasteiger partial charge in [-0.2, -0.15) is 0 Å². The summed E-state index contributed by atoms with van der Waals surface area (Å²) in [5, 5.41) is 2.68. The second-order valence-electron chi connectivity index (χ2n) is 6.57. The Kier molecular flexibility index (Phi) is 7.13. The van der Waals surface area contributed by atoms with Crippen molar-refractivity contribution in [3.8, 4) is 0 Å². The van der Waals surface area contributed by atoms with E-state index in [9.17, 15) is 19.2 Å². The molecular formula is C20H25N5O4. The average molecular weight is 399 g/mol.